The molecule has 0 saturated heterocycles. The SMILES string of the molecule is O=S(NC1Cc2ccc(Cn3cc(CO)c(C(F)(F)F)n3)cc2C1)C1CC1. The molecule has 2 aliphatic rings. The summed E-state index contributed by atoms with van der Waals surface area (Å²) in [5.74, 6) is 0. The van der Waals surface area contributed by atoms with Crippen LogP contribution in [-0.2, 0) is 43.2 Å². The summed E-state index contributed by atoms with van der Waals surface area (Å²) in [5.41, 5.74) is 1.88. The summed E-state index contributed by atoms with van der Waals surface area (Å²) in [4.78, 5) is 0. The minimum absolute atomic E-state index is 0.138. The van der Waals surface area contributed by atoms with E-state index < -0.39 is 29.5 Å². The molecule has 2 aliphatic carbocycles. The number of fused-ring (bicyclic) bond motifs is 1. The molecule has 2 atom stereocenters. The van der Waals surface area contributed by atoms with Gasteiger partial charge in [0.1, 0.15) is 0 Å². The van der Waals surface area contributed by atoms with Crippen LogP contribution in [0.15, 0.2) is 24.4 Å². The Kier molecular flexibility index (Phi) is 4.85. The molecule has 2 aromatic rings. The van der Waals surface area contributed by atoms with E-state index in [-0.39, 0.29) is 23.4 Å². The molecule has 9 heteroatoms. The lowest BCUT2D eigenvalue weighted by Crippen LogP contribution is -2.33. The predicted molar refractivity (Wildman–Crippen MR) is 94.2 cm³/mol. The van der Waals surface area contributed by atoms with Gasteiger partial charge >= 0.3 is 6.18 Å². The standard InChI is InChI=1S/C18H20F3N3O2S/c19-18(20,21)17-14(10-25)9-24(22-17)8-11-1-2-12-6-15(7-13(12)5-11)23-27(26)16-3-4-16/h1-2,5,9,15-16,23,25H,3-4,6-8,10H2. The zero-order valence-corrected chi connectivity index (χ0v) is 15.3. The molecular formula is C18H20F3N3O2S. The van der Waals surface area contributed by atoms with E-state index in [0.29, 0.717) is 0 Å². The van der Waals surface area contributed by atoms with Gasteiger partial charge in [0.2, 0.25) is 0 Å². The monoisotopic (exact) mass is 399 g/mol. The number of alkyl halides is 3. The summed E-state index contributed by atoms with van der Waals surface area (Å²) < 4.78 is 55.3. The fraction of sp³-hybridized carbons (Fsp3) is 0.500. The third-order valence-electron chi connectivity index (χ3n) is 4.93. The molecule has 0 bridgehead atoms. The van der Waals surface area contributed by atoms with E-state index in [1.165, 1.54) is 16.4 Å². The summed E-state index contributed by atoms with van der Waals surface area (Å²) in [6.45, 7) is -0.507. The lowest BCUT2D eigenvalue weighted by Gasteiger charge is -2.10. The molecule has 2 unspecified atom stereocenters. The number of aliphatic hydroxyl groups excluding tert-OH is 1. The van der Waals surface area contributed by atoms with Crippen LogP contribution in [0, 0.1) is 0 Å². The van der Waals surface area contributed by atoms with E-state index in [4.69, 9.17) is 5.11 Å². The third-order valence-corrected chi connectivity index (χ3v) is 6.58. The van der Waals surface area contributed by atoms with Crippen molar-refractivity contribution in [3.63, 3.8) is 0 Å². The molecule has 0 amide bonds. The van der Waals surface area contributed by atoms with Crippen molar-refractivity contribution >= 4 is 11.0 Å². The van der Waals surface area contributed by atoms with Gasteiger partial charge < -0.3 is 5.11 Å². The number of hydrogen-bond donors (Lipinski definition) is 2. The highest BCUT2D eigenvalue weighted by atomic mass is 32.2. The van der Waals surface area contributed by atoms with E-state index in [9.17, 15) is 17.4 Å². The van der Waals surface area contributed by atoms with Crippen LogP contribution in [0.3, 0.4) is 0 Å². The van der Waals surface area contributed by atoms with Crippen molar-refractivity contribution < 1.29 is 22.5 Å². The van der Waals surface area contributed by atoms with Gasteiger partial charge in [0.15, 0.2) is 5.69 Å². The Labute approximate surface area is 157 Å². The van der Waals surface area contributed by atoms with Crippen LogP contribution in [0.1, 0.15) is 40.8 Å². The number of nitrogens with zero attached hydrogens (tertiary/aromatic N) is 2. The first-order chi connectivity index (χ1) is 12.8. The van der Waals surface area contributed by atoms with Crippen molar-refractivity contribution in [2.75, 3.05) is 0 Å². The molecule has 2 N–H and O–H groups in total. The molecule has 0 radical (unpaired) electrons. The van der Waals surface area contributed by atoms with E-state index in [1.54, 1.807) is 0 Å². The molecule has 5 nitrogen and oxygen atoms in total. The maximum absolute atomic E-state index is 13.0. The van der Waals surface area contributed by atoms with E-state index in [1.807, 2.05) is 18.2 Å². The number of aromatic nitrogens is 2. The van der Waals surface area contributed by atoms with Crippen molar-refractivity contribution in [2.45, 2.75) is 56.3 Å². The molecule has 1 fully saturated rings. The maximum atomic E-state index is 13.0. The highest BCUT2D eigenvalue weighted by molar-refractivity contribution is 7.84. The van der Waals surface area contributed by atoms with Gasteiger partial charge in [-0.05, 0) is 42.4 Å². The lowest BCUT2D eigenvalue weighted by atomic mass is 10.1. The van der Waals surface area contributed by atoms with Crippen LogP contribution in [0.25, 0.3) is 0 Å². The van der Waals surface area contributed by atoms with Gasteiger partial charge in [-0.3, -0.25) is 4.68 Å². The molecule has 1 saturated carbocycles. The maximum Gasteiger partial charge on any atom is 0.435 e. The van der Waals surface area contributed by atoms with Crippen LogP contribution in [0.2, 0.25) is 0 Å². The molecule has 1 aromatic heterocycles. The number of hydrogen-bond acceptors (Lipinski definition) is 3. The predicted octanol–water partition coefficient (Wildman–Crippen LogP) is 2.33. The quantitative estimate of drug-likeness (QED) is 0.784. The van der Waals surface area contributed by atoms with Gasteiger partial charge in [-0.2, -0.15) is 18.3 Å². The lowest BCUT2D eigenvalue weighted by molar-refractivity contribution is -0.142. The summed E-state index contributed by atoms with van der Waals surface area (Å²) in [6, 6.07) is 5.98. The Morgan fingerprint density at radius 1 is 1.26 bits per heavy atom. The Bertz CT molecular complexity index is 877. The molecular weight excluding hydrogens is 379 g/mol. The van der Waals surface area contributed by atoms with Crippen molar-refractivity contribution in [1.29, 1.82) is 0 Å². The van der Waals surface area contributed by atoms with E-state index in [2.05, 4.69) is 9.82 Å². The highest BCUT2D eigenvalue weighted by Crippen LogP contribution is 2.31. The summed E-state index contributed by atoms with van der Waals surface area (Å²) >= 11 is 0. The minimum atomic E-state index is -4.59. The number of halogens is 3. The van der Waals surface area contributed by atoms with Gasteiger partial charge in [-0.1, -0.05) is 18.2 Å². The fourth-order valence-electron chi connectivity index (χ4n) is 3.48. The van der Waals surface area contributed by atoms with Crippen molar-refractivity contribution in [2.24, 2.45) is 0 Å². The Hall–Kier alpha value is -1.71. The Morgan fingerprint density at radius 2 is 2.00 bits per heavy atom. The normalized spacial score (nSPS) is 20.7. The number of aliphatic hydroxyl groups is 1. The number of benzene rings is 1. The fourth-order valence-corrected chi connectivity index (χ4v) is 4.73. The number of rotatable bonds is 6. The zero-order chi connectivity index (χ0) is 19.2. The molecule has 27 heavy (non-hydrogen) atoms. The summed E-state index contributed by atoms with van der Waals surface area (Å²) in [5, 5.41) is 13.0. The van der Waals surface area contributed by atoms with Crippen LogP contribution in [0.4, 0.5) is 13.2 Å². The van der Waals surface area contributed by atoms with Gasteiger partial charge in [0.25, 0.3) is 0 Å². The Morgan fingerprint density at radius 3 is 2.63 bits per heavy atom. The molecule has 146 valence electrons. The van der Waals surface area contributed by atoms with Gasteiger partial charge in [0, 0.05) is 23.1 Å². The molecule has 1 aromatic carbocycles. The average molecular weight is 399 g/mol. The molecule has 0 aliphatic heterocycles. The summed E-state index contributed by atoms with van der Waals surface area (Å²) in [7, 11) is -0.980. The van der Waals surface area contributed by atoms with Crippen molar-refractivity contribution in [3.05, 3.63) is 52.3 Å². The second-order valence-electron chi connectivity index (χ2n) is 7.18. The second kappa shape index (κ2) is 7.03. The topological polar surface area (TPSA) is 67.2 Å². The van der Waals surface area contributed by atoms with Gasteiger partial charge in [-0.25, -0.2) is 8.93 Å². The Balaban J connectivity index is 1.46. The van der Waals surface area contributed by atoms with Crippen LogP contribution in [0.5, 0.6) is 0 Å². The number of nitrogens with one attached hydrogen (secondary N) is 1. The molecule has 1 heterocycles. The third kappa shape index (κ3) is 4.09. The van der Waals surface area contributed by atoms with Crippen LogP contribution >= 0.6 is 0 Å². The van der Waals surface area contributed by atoms with Crippen LogP contribution in [-0.4, -0.2) is 30.4 Å². The zero-order valence-electron chi connectivity index (χ0n) is 14.5. The van der Waals surface area contributed by atoms with E-state index in [0.717, 1.165) is 36.8 Å². The van der Waals surface area contributed by atoms with Crippen molar-refractivity contribution in [1.82, 2.24) is 14.5 Å². The molecule has 4 rings (SSSR count). The van der Waals surface area contributed by atoms with E-state index >= 15 is 0 Å². The highest BCUT2D eigenvalue weighted by Gasteiger charge is 2.37. The second-order valence-corrected chi connectivity index (χ2v) is 8.68. The first-order valence-corrected chi connectivity index (χ1v) is 10.1. The van der Waals surface area contributed by atoms with Crippen molar-refractivity contribution in [3.8, 4) is 0 Å². The first-order valence-electron chi connectivity index (χ1n) is 8.85. The first kappa shape index (κ1) is 18.6. The smallest absolute Gasteiger partial charge is 0.392 e. The summed E-state index contributed by atoms with van der Waals surface area (Å²) in [6.07, 6.45) is 0.252. The van der Waals surface area contributed by atoms with Crippen LogP contribution < -0.4 is 4.72 Å². The average Bonchev–Trinajstić information content (AvgIpc) is 3.25. The largest absolute Gasteiger partial charge is 0.435 e. The van der Waals surface area contributed by atoms with Gasteiger partial charge in [0.05, 0.1) is 24.1 Å². The molecule has 0 spiro atoms. The van der Waals surface area contributed by atoms with Gasteiger partial charge in [-0.15, -0.1) is 0 Å². The minimum Gasteiger partial charge on any atom is -0.392 e.